The summed E-state index contributed by atoms with van der Waals surface area (Å²) in [6.07, 6.45) is 0. The predicted molar refractivity (Wildman–Crippen MR) is 45.9 cm³/mol. The third-order valence-corrected chi connectivity index (χ3v) is 2.54. The van der Waals surface area contributed by atoms with Crippen LogP contribution >= 0.6 is 0 Å². The van der Waals surface area contributed by atoms with E-state index in [2.05, 4.69) is 0 Å². The van der Waals surface area contributed by atoms with E-state index in [1.807, 2.05) is 0 Å². The summed E-state index contributed by atoms with van der Waals surface area (Å²) in [7, 11) is -4.97. The molecule has 0 aliphatic carbocycles. The molecule has 0 aliphatic rings. The quantitative estimate of drug-likeness (QED) is 0.251. The number of nitro groups is 1. The molecule has 0 amide bonds. The molecule has 0 radical (unpaired) electrons. The molecule has 1 aromatic rings. The molecule has 76 valence electrons. The molecule has 0 saturated carbocycles. The fraction of sp³-hybridized carbons (Fsp3) is 0.143. The fourth-order valence-corrected chi connectivity index (χ4v) is 1.71. The van der Waals surface area contributed by atoms with Crippen molar-refractivity contribution in [2.75, 3.05) is 0 Å². The number of hydrogen-bond donors (Lipinski definition) is 0. The van der Waals surface area contributed by atoms with Crippen LogP contribution in [0.15, 0.2) is 30.3 Å². The van der Waals surface area contributed by atoms with Gasteiger partial charge in [0, 0.05) is 10.5 Å². The molecule has 0 N–H and O–H groups in total. The predicted octanol–water partition coefficient (Wildman–Crippen LogP) is -2.49. The topological polar surface area (TPSA) is 100 Å². The van der Waals surface area contributed by atoms with Gasteiger partial charge in [0.1, 0.15) is 0 Å². The van der Waals surface area contributed by atoms with E-state index in [0.717, 1.165) is 0 Å². The van der Waals surface area contributed by atoms with Gasteiger partial charge in [0.15, 0.2) is 10.1 Å². The van der Waals surface area contributed by atoms with Crippen molar-refractivity contribution in [3.63, 3.8) is 0 Å². The van der Waals surface area contributed by atoms with Crippen LogP contribution in [0.3, 0.4) is 0 Å². The van der Waals surface area contributed by atoms with Gasteiger partial charge in [0.05, 0.1) is 0 Å². The molecule has 0 bridgehead atoms. The second-order valence-corrected chi connectivity index (χ2v) is 3.97. The second-order valence-electron chi connectivity index (χ2n) is 2.54. The summed E-state index contributed by atoms with van der Waals surface area (Å²) < 4.78 is 31.7. The van der Waals surface area contributed by atoms with Gasteiger partial charge in [0.2, 0.25) is 0 Å². The molecule has 15 heavy (non-hydrogen) atoms. The Morgan fingerprint density at radius 1 is 1.20 bits per heavy atom. The van der Waals surface area contributed by atoms with E-state index in [4.69, 9.17) is 0 Å². The number of nitrogens with zero attached hydrogens (tertiary/aromatic N) is 1. The fourth-order valence-electron chi connectivity index (χ4n) is 1.01. The van der Waals surface area contributed by atoms with Gasteiger partial charge in [-0.2, -0.15) is 0 Å². The molecule has 0 spiro atoms. The van der Waals surface area contributed by atoms with Crippen LogP contribution in [0, 0.1) is 10.1 Å². The molecule has 0 fully saturated rings. The first kappa shape index (κ1) is 14.5. The zero-order valence-corrected chi connectivity index (χ0v) is 10.7. The zero-order chi connectivity index (χ0) is 10.8. The first-order valence-corrected chi connectivity index (χ1v) is 5.03. The minimum atomic E-state index is -4.97. The van der Waals surface area contributed by atoms with E-state index in [0.29, 0.717) is 0 Å². The Balaban J connectivity index is 0.00000196. The number of benzene rings is 1. The van der Waals surface area contributed by atoms with Gasteiger partial charge >= 0.3 is 34.9 Å². The first-order valence-electron chi connectivity index (χ1n) is 3.56. The maximum Gasteiger partial charge on any atom is 1.00 e. The van der Waals surface area contributed by atoms with E-state index in [1.165, 1.54) is 24.3 Å². The molecule has 1 aromatic carbocycles. The summed E-state index contributed by atoms with van der Waals surface area (Å²) >= 11 is 0. The van der Waals surface area contributed by atoms with Gasteiger partial charge in [-0.1, -0.05) is 30.3 Å². The minimum Gasteiger partial charge on any atom is -0.742 e. The normalized spacial score (nSPS) is 12.6. The van der Waals surface area contributed by atoms with Gasteiger partial charge in [0.25, 0.3) is 0 Å². The number of hydrogen-bond acceptors (Lipinski definition) is 5. The Morgan fingerprint density at radius 3 is 2.00 bits per heavy atom. The molecule has 0 saturated heterocycles. The van der Waals surface area contributed by atoms with Crippen LogP contribution in [0.1, 0.15) is 10.9 Å². The van der Waals surface area contributed by atoms with E-state index < -0.39 is 20.4 Å². The summed E-state index contributed by atoms with van der Waals surface area (Å²) in [5.41, 5.74) is -0.132. The van der Waals surface area contributed by atoms with E-state index in [9.17, 15) is 23.1 Å². The molecule has 0 aromatic heterocycles. The van der Waals surface area contributed by atoms with Crippen LogP contribution in [0.2, 0.25) is 0 Å². The maximum atomic E-state index is 10.6. The van der Waals surface area contributed by atoms with Crippen LogP contribution in [-0.2, 0) is 10.1 Å². The smallest absolute Gasteiger partial charge is 0.742 e. The standard InChI is InChI=1S/C7H7NO5S.Na/c9-8(10)7(14(11,12)13)6-4-2-1-3-5-6;/h1-5,7H,(H,11,12,13);/q;+1/p-1. The Morgan fingerprint density at radius 2 is 1.67 bits per heavy atom. The van der Waals surface area contributed by atoms with Crippen molar-refractivity contribution in [2.24, 2.45) is 0 Å². The number of rotatable bonds is 3. The molecule has 6 nitrogen and oxygen atoms in total. The van der Waals surface area contributed by atoms with Crippen molar-refractivity contribution in [3.8, 4) is 0 Å². The average molecular weight is 239 g/mol. The summed E-state index contributed by atoms with van der Waals surface area (Å²) in [6.45, 7) is 0. The molecular formula is C7H6NNaO5S. The largest absolute Gasteiger partial charge is 1.00 e. The van der Waals surface area contributed by atoms with E-state index in [1.54, 1.807) is 6.07 Å². The van der Waals surface area contributed by atoms with E-state index in [-0.39, 0.29) is 35.1 Å². The van der Waals surface area contributed by atoms with Gasteiger partial charge in [-0.3, -0.25) is 10.1 Å². The van der Waals surface area contributed by atoms with Gasteiger partial charge < -0.3 is 4.55 Å². The van der Waals surface area contributed by atoms with Crippen LogP contribution in [0.25, 0.3) is 0 Å². The van der Waals surface area contributed by atoms with Crippen LogP contribution in [0.5, 0.6) is 0 Å². The molecular weight excluding hydrogens is 233 g/mol. The summed E-state index contributed by atoms with van der Waals surface area (Å²) in [6, 6.07) is 6.87. The molecule has 1 atom stereocenters. The summed E-state index contributed by atoms with van der Waals surface area (Å²) in [4.78, 5) is 9.26. The first-order chi connectivity index (χ1) is 6.43. The van der Waals surface area contributed by atoms with Crippen molar-refractivity contribution in [2.45, 2.75) is 5.37 Å². The van der Waals surface area contributed by atoms with Crippen molar-refractivity contribution in [1.82, 2.24) is 0 Å². The van der Waals surface area contributed by atoms with Crippen LogP contribution < -0.4 is 29.6 Å². The Hall–Kier alpha value is -0.470. The van der Waals surface area contributed by atoms with Crippen LogP contribution in [0.4, 0.5) is 0 Å². The second kappa shape index (κ2) is 5.57. The van der Waals surface area contributed by atoms with Crippen LogP contribution in [-0.4, -0.2) is 17.9 Å². The van der Waals surface area contributed by atoms with Crippen molar-refractivity contribution >= 4 is 10.1 Å². The van der Waals surface area contributed by atoms with E-state index >= 15 is 0 Å². The average Bonchev–Trinajstić information content (AvgIpc) is 2.02. The third-order valence-electron chi connectivity index (χ3n) is 1.55. The molecule has 0 aliphatic heterocycles. The van der Waals surface area contributed by atoms with Gasteiger partial charge in [-0.25, -0.2) is 8.42 Å². The molecule has 1 rings (SSSR count). The van der Waals surface area contributed by atoms with Gasteiger partial charge in [-0.05, 0) is 0 Å². The summed E-state index contributed by atoms with van der Waals surface area (Å²) in [5, 5.41) is 8.15. The Kier molecular flexibility index (Phi) is 5.39. The van der Waals surface area contributed by atoms with Crippen molar-refractivity contribution in [1.29, 1.82) is 0 Å². The monoisotopic (exact) mass is 239 g/mol. The third kappa shape index (κ3) is 3.88. The Bertz CT molecular complexity index is 432. The van der Waals surface area contributed by atoms with Crippen molar-refractivity contribution < 1.29 is 47.5 Å². The van der Waals surface area contributed by atoms with Gasteiger partial charge in [-0.15, -0.1) is 0 Å². The molecule has 1 unspecified atom stereocenters. The summed E-state index contributed by atoms with van der Waals surface area (Å²) in [5.74, 6) is 0. The minimum absolute atomic E-state index is 0. The molecule has 8 heteroatoms. The maximum absolute atomic E-state index is 10.6. The van der Waals surface area contributed by atoms with Crippen molar-refractivity contribution in [3.05, 3.63) is 46.0 Å². The Labute approximate surface area is 108 Å². The molecule has 0 heterocycles. The zero-order valence-electron chi connectivity index (χ0n) is 7.86. The SMILES string of the molecule is O=[N+]([O-])C(c1ccccc1)S(=O)(=O)[O-].[Na+].